The quantitative estimate of drug-likeness (QED) is 0.738. The molecular weight excluding hydrogens is 310 g/mol. The normalized spacial score (nSPS) is 14.3. The van der Waals surface area contributed by atoms with E-state index in [4.69, 9.17) is 4.98 Å². The van der Waals surface area contributed by atoms with Crippen LogP contribution in [0.25, 0.3) is 11.4 Å². The van der Waals surface area contributed by atoms with Crippen LogP contribution in [0, 0.1) is 13.8 Å². The summed E-state index contributed by atoms with van der Waals surface area (Å²) in [6.07, 6.45) is 4.90. The van der Waals surface area contributed by atoms with Crippen LogP contribution in [0.15, 0.2) is 42.7 Å². The van der Waals surface area contributed by atoms with Gasteiger partial charge in [0.15, 0.2) is 5.82 Å². The minimum absolute atomic E-state index is 0.787. The van der Waals surface area contributed by atoms with E-state index in [2.05, 4.69) is 26.8 Å². The van der Waals surface area contributed by atoms with Gasteiger partial charge in [0.05, 0.1) is 0 Å². The molecule has 2 aromatic heterocycles. The molecule has 0 aliphatic carbocycles. The number of rotatable bonds is 3. The van der Waals surface area contributed by atoms with Crippen LogP contribution in [-0.2, 0) is 19.5 Å². The van der Waals surface area contributed by atoms with E-state index in [0.717, 1.165) is 49.0 Å². The summed E-state index contributed by atoms with van der Waals surface area (Å²) in [7, 11) is 0. The third-order valence-corrected chi connectivity index (χ3v) is 4.64. The summed E-state index contributed by atoms with van der Waals surface area (Å²) in [5.41, 5.74) is 5.69. The lowest BCUT2D eigenvalue weighted by Gasteiger charge is -2.28. The topological polar surface area (TPSA) is 54.8 Å². The van der Waals surface area contributed by atoms with Gasteiger partial charge in [-0.15, -0.1) is 0 Å². The summed E-state index contributed by atoms with van der Waals surface area (Å²) >= 11 is 0. The number of benzene rings is 1. The summed E-state index contributed by atoms with van der Waals surface area (Å²) in [5, 5.41) is 0. The van der Waals surface area contributed by atoms with E-state index in [9.17, 15) is 0 Å². The second-order valence-corrected chi connectivity index (χ2v) is 6.52. The van der Waals surface area contributed by atoms with Gasteiger partial charge in [-0.3, -0.25) is 4.90 Å². The van der Waals surface area contributed by atoms with Crippen LogP contribution < -0.4 is 0 Å². The molecule has 0 N–H and O–H groups in total. The van der Waals surface area contributed by atoms with Crippen LogP contribution >= 0.6 is 0 Å². The smallest absolute Gasteiger partial charge is 0.159 e. The van der Waals surface area contributed by atoms with Crippen molar-refractivity contribution in [3.05, 3.63) is 71.1 Å². The molecule has 0 unspecified atom stereocenters. The van der Waals surface area contributed by atoms with Crippen LogP contribution in [0.1, 0.15) is 28.3 Å². The van der Waals surface area contributed by atoms with Crippen molar-refractivity contribution in [2.45, 2.75) is 33.4 Å². The number of nitrogens with zero attached hydrogens (tertiary/aromatic N) is 5. The van der Waals surface area contributed by atoms with Crippen LogP contribution in [-0.4, -0.2) is 31.4 Å². The van der Waals surface area contributed by atoms with Crippen molar-refractivity contribution < 1.29 is 0 Å². The van der Waals surface area contributed by atoms with Gasteiger partial charge in [-0.25, -0.2) is 19.9 Å². The zero-order valence-electron chi connectivity index (χ0n) is 14.6. The fraction of sp³-hybridized carbons (Fsp3) is 0.300. The Morgan fingerprint density at radius 3 is 2.64 bits per heavy atom. The molecule has 3 heterocycles. The molecular formula is C20H21N5. The standard InChI is InChI=1S/C20H21N5/c1-14-17(10-22-20(23-14)16-6-4-3-5-7-16)12-25-9-8-19-18(13-25)11-21-15(2)24-19/h3-7,10-11H,8-9,12-13H2,1-2H3. The van der Waals surface area contributed by atoms with Gasteiger partial charge in [0.2, 0.25) is 0 Å². The third-order valence-electron chi connectivity index (χ3n) is 4.64. The summed E-state index contributed by atoms with van der Waals surface area (Å²) in [6, 6.07) is 10.1. The fourth-order valence-corrected chi connectivity index (χ4v) is 3.22. The van der Waals surface area contributed by atoms with Crippen molar-refractivity contribution in [2.75, 3.05) is 6.54 Å². The van der Waals surface area contributed by atoms with Gasteiger partial charge in [0.1, 0.15) is 5.82 Å². The monoisotopic (exact) mass is 331 g/mol. The molecule has 1 aliphatic heterocycles. The highest BCUT2D eigenvalue weighted by atomic mass is 15.1. The van der Waals surface area contributed by atoms with Crippen molar-refractivity contribution in [1.29, 1.82) is 0 Å². The lowest BCUT2D eigenvalue weighted by molar-refractivity contribution is 0.241. The molecule has 0 amide bonds. The highest BCUT2D eigenvalue weighted by Crippen LogP contribution is 2.20. The summed E-state index contributed by atoms with van der Waals surface area (Å²) < 4.78 is 0. The van der Waals surface area contributed by atoms with E-state index in [1.165, 1.54) is 16.8 Å². The molecule has 4 rings (SSSR count). The molecule has 0 saturated carbocycles. The average Bonchev–Trinajstić information content (AvgIpc) is 2.64. The predicted octanol–water partition coefficient (Wildman–Crippen LogP) is 3.11. The lowest BCUT2D eigenvalue weighted by Crippen LogP contribution is -2.31. The Morgan fingerprint density at radius 2 is 1.84 bits per heavy atom. The second-order valence-electron chi connectivity index (χ2n) is 6.52. The Kier molecular flexibility index (Phi) is 4.24. The number of hydrogen-bond acceptors (Lipinski definition) is 5. The second kappa shape index (κ2) is 6.69. The Balaban J connectivity index is 1.51. The fourth-order valence-electron chi connectivity index (χ4n) is 3.22. The van der Waals surface area contributed by atoms with E-state index in [1.54, 1.807) is 0 Å². The average molecular weight is 331 g/mol. The van der Waals surface area contributed by atoms with Crippen LogP contribution in [0.5, 0.6) is 0 Å². The minimum atomic E-state index is 0.787. The molecule has 0 radical (unpaired) electrons. The van der Waals surface area contributed by atoms with Gasteiger partial charge in [0, 0.05) is 66.5 Å². The SMILES string of the molecule is Cc1ncc2c(n1)CCN(Cc1cnc(-c3ccccc3)nc1C)C2. The largest absolute Gasteiger partial charge is 0.294 e. The first-order valence-corrected chi connectivity index (χ1v) is 8.61. The molecule has 0 bridgehead atoms. The first-order valence-electron chi connectivity index (χ1n) is 8.61. The van der Waals surface area contributed by atoms with E-state index >= 15 is 0 Å². The number of aryl methyl sites for hydroxylation is 2. The maximum atomic E-state index is 4.70. The molecule has 5 heteroatoms. The third kappa shape index (κ3) is 3.42. The lowest BCUT2D eigenvalue weighted by atomic mass is 10.1. The summed E-state index contributed by atoms with van der Waals surface area (Å²) in [5.74, 6) is 1.64. The van der Waals surface area contributed by atoms with Crippen molar-refractivity contribution in [2.24, 2.45) is 0 Å². The van der Waals surface area contributed by atoms with Crippen molar-refractivity contribution in [1.82, 2.24) is 24.8 Å². The van der Waals surface area contributed by atoms with Gasteiger partial charge < -0.3 is 0 Å². The van der Waals surface area contributed by atoms with Gasteiger partial charge in [-0.2, -0.15) is 0 Å². The molecule has 0 atom stereocenters. The summed E-state index contributed by atoms with van der Waals surface area (Å²) in [6.45, 7) is 6.75. The maximum absolute atomic E-state index is 4.70. The summed E-state index contributed by atoms with van der Waals surface area (Å²) in [4.78, 5) is 20.6. The zero-order valence-corrected chi connectivity index (χ0v) is 14.6. The predicted molar refractivity (Wildman–Crippen MR) is 96.8 cm³/mol. The van der Waals surface area contributed by atoms with Crippen LogP contribution in [0.2, 0.25) is 0 Å². The molecule has 1 aromatic carbocycles. The van der Waals surface area contributed by atoms with Crippen molar-refractivity contribution in [3.63, 3.8) is 0 Å². The number of fused-ring (bicyclic) bond motifs is 1. The first kappa shape index (κ1) is 15.8. The Labute approximate surface area is 147 Å². The van der Waals surface area contributed by atoms with Gasteiger partial charge in [0.25, 0.3) is 0 Å². The molecule has 126 valence electrons. The molecule has 0 saturated heterocycles. The van der Waals surface area contributed by atoms with Crippen molar-refractivity contribution in [3.8, 4) is 11.4 Å². The van der Waals surface area contributed by atoms with Gasteiger partial charge in [-0.1, -0.05) is 30.3 Å². The Bertz CT molecular complexity index is 892. The molecule has 1 aliphatic rings. The van der Waals surface area contributed by atoms with E-state index in [0.29, 0.717) is 0 Å². The minimum Gasteiger partial charge on any atom is -0.294 e. The molecule has 3 aromatic rings. The van der Waals surface area contributed by atoms with Crippen molar-refractivity contribution >= 4 is 0 Å². The zero-order chi connectivity index (χ0) is 17.2. The number of hydrogen-bond donors (Lipinski definition) is 0. The van der Waals surface area contributed by atoms with Crippen LogP contribution in [0.4, 0.5) is 0 Å². The van der Waals surface area contributed by atoms with Gasteiger partial charge >= 0.3 is 0 Å². The Hall–Kier alpha value is -2.66. The molecule has 0 spiro atoms. The highest BCUT2D eigenvalue weighted by molar-refractivity contribution is 5.54. The maximum Gasteiger partial charge on any atom is 0.159 e. The first-order chi connectivity index (χ1) is 12.2. The molecule has 25 heavy (non-hydrogen) atoms. The van der Waals surface area contributed by atoms with E-state index in [-0.39, 0.29) is 0 Å². The number of aromatic nitrogens is 4. The van der Waals surface area contributed by atoms with Crippen LogP contribution in [0.3, 0.4) is 0 Å². The van der Waals surface area contributed by atoms with Gasteiger partial charge in [-0.05, 0) is 13.8 Å². The highest BCUT2D eigenvalue weighted by Gasteiger charge is 2.19. The van der Waals surface area contributed by atoms with E-state index < -0.39 is 0 Å². The molecule has 5 nitrogen and oxygen atoms in total. The van der Waals surface area contributed by atoms with E-state index in [1.807, 2.05) is 49.6 Å². The Morgan fingerprint density at radius 1 is 1.00 bits per heavy atom. The molecule has 0 fully saturated rings.